The molecule has 3 aromatic rings. The number of ether oxygens (including phenoxy) is 1. The van der Waals surface area contributed by atoms with E-state index in [2.05, 4.69) is 0 Å². The number of aliphatic imine (C=N–C) groups is 1. The van der Waals surface area contributed by atoms with Crippen LogP contribution in [-0.4, -0.2) is 24.8 Å². The second kappa shape index (κ2) is 9.87. The van der Waals surface area contributed by atoms with Crippen molar-refractivity contribution >= 4 is 11.7 Å². The molecule has 3 nitrogen and oxygen atoms in total. The standard InChI is InChI=1S/C24H20F3NO2/c1-30-23(29)14-19(12-18-13-21(26)22(27)15-20(18)25)28-24(16-8-4-2-5-9-16)17-10-6-3-7-11-17/h2-11,13,15,19H,12,14H2,1H3. The third kappa shape index (κ3) is 5.35. The summed E-state index contributed by atoms with van der Waals surface area (Å²) >= 11 is 0. The Morgan fingerprint density at radius 1 is 0.867 bits per heavy atom. The summed E-state index contributed by atoms with van der Waals surface area (Å²) in [5.41, 5.74) is 2.16. The van der Waals surface area contributed by atoms with Crippen LogP contribution in [-0.2, 0) is 16.0 Å². The van der Waals surface area contributed by atoms with Crippen LogP contribution in [0.1, 0.15) is 23.1 Å². The van der Waals surface area contributed by atoms with Gasteiger partial charge in [-0.15, -0.1) is 0 Å². The van der Waals surface area contributed by atoms with Gasteiger partial charge >= 0.3 is 5.97 Å². The molecular formula is C24H20F3NO2. The fraction of sp³-hybridized carbons (Fsp3) is 0.167. The van der Waals surface area contributed by atoms with Crippen molar-refractivity contribution in [3.05, 3.63) is 107 Å². The Hall–Kier alpha value is -3.41. The lowest BCUT2D eigenvalue weighted by Crippen LogP contribution is -2.20. The Balaban J connectivity index is 2.05. The number of hydrogen-bond donors (Lipinski definition) is 0. The maximum Gasteiger partial charge on any atom is 0.307 e. The molecule has 0 radical (unpaired) electrons. The van der Waals surface area contributed by atoms with Gasteiger partial charge in [-0.3, -0.25) is 9.79 Å². The van der Waals surface area contributed by atoms with E-state index < -0.39 is 29.5 Å². The summed E-state index contributed by atoms with van der Waals surface area (Å²) in [6.45, 7) is 0. The highest BCUT2D eigenvalue weighted by atomic mass is 19.2. The van der Waals surface area contributed by atoms with Crippen molar-refractivity contribution < 1.29 is 22.7 Å². The molecule has 0 aliphatic carbocycles. The monoisotopic (exact) mass is 411 g/mol. The van der Waals surface area contributed by atoms with Crippen LogP contribution in [0.3, 0.4) is 0 Å². The van der Waals surface area contributed by atoms with Crippen molar-refractivity contribution in [2.75, 3.05) is 7.11 Å². The Morgan fingerprint density at radius 2 is 1.40 bits per heavy atom. The zero-order chi connectivity index (χ0) is 21.5. The van der Waals surface area contributed by atoms with Crippen LogP contribution < -0.4 is 0 Å². The van der Waals surface area contributed by atoms with Gasteiger partial charge in [0, 0.05) is 17.2 Å². The number of benzene rings is 3. The van der Waals surface area contributed by atoms with E-state index in [-0.39, 0.29) is 18.4 Å². The van der Waals surface area contributed by atoms with E-state index in [0.717, 1.165) is 17.2 Å². The number of halogens is 3. The molecule has 30 heavy (non-hydrogen) atoms. The topological polar surface area (TPSA) is 38.7 Å². The first-order valence-corrected chi connectivity index (χ1v) is 9.36. The van der Waals surface area contributed by atoms with Crippen LogP contribution >= 0.6 is 0 Å². The van der Waals surface area contributed by atoms with Crippen molar-refractivity contribution in [2.24, 2.45) is 4.99 Å². The lowest BCUT2D eigenvalue weighted by Gasteiger charge is -2.16. The second-order valence-corrected chi connectivity index (χ2v) is 6.71. The minimum atomic E-state index is -1.27. The Labute approximate surface area is 172 Å². The van der Waals surface area contributed by atoms with Crippen LogP contribution in [0.5, 0.6) is 0 Å². The Bertz CT molecular complexity index is 996. The predicted octanol–water partition coefficient (Wildman–Crippen LogP) is 5.12. The molecular weight excluding hydrogens is 391 g/mol. The lowest BCUT2D eigenvalue weighted by atomic mass is 9.99. The molecule has 1 unspecified atom stereocenters. The molecule has 0 fully saturated rings. The molecule has 3 aromatic carbocycles. The summed E-state index contributed by atoms with van der Waals surface area (Å²) < 4.78 is 45.9. The summed E-state index contributed by atoms with van der Waals surface area (Å²) in [7, 11) is 1.25. The van der Waals surface area contributed by atoms with E-state index in [0.29, 0.717) is 11.8 Å². The summed E-state index contributed by atoms with van der Waals surface area (Å²) in [6.07, 6.45) is -0.237. The predicted molar refractivity (Wildman–Crippen MR) is 109 cm³/mol. The summed E-state index contributed by atoms with van der Waals surface area (Å²) in [6, 6.07) is 19.2. The number of methoxy groups -OCH3 is 1. The van der Waals surface area contributed by atoms with Crippen LogP contribution in [0.2, 0.25) is 0 Å². The minimum Gasteiger partial charge on any atom is -0.469 e. The van der Waals surface area contributed by atoms with Gasteiger partial charge in [0.05, 0.1) is 25.3 Å². The maximum absolute atomic E-state index is 14.2. The van der Waals surface area contributed by atoms with Crippen molar-refractivity contribution in [2.45, 2.75) is 18.9 Å². The van der Waals surface area contributed by atoms with E-state index >= 15 is 0 Å². The van der Waals surface area contributed by atoms with E-state index in [1.165, 1.54) is 7.11 Å². The minimum absolute atomic E-state index is 0.0629. The van der Waals surface area contributed by atoms with Crippen LogP contribution in [0.25, 0.3) is 0 Å². The molecule has 3 rings (SSSR count). The smallest absolute Gasteiger partial charge is 0.307 e. The number of hydrogen-bond acceptors (Lipinski definition) is 3. The molecule has 0 aliphatic rings. The van der Waals surface area contributed by atoms with Gasteiger partial charge in [0.2, 0.25) is 0 Å². The van der Waals surface area contributed by atoms with Gasteiger partial charge in [-0.25, -0.2) is 13.2 Å². The number of rotatable bonds is 7. The summed E-state index contributed by atoms with van der Waals surface area (Å²) in [5, 5.41) is 0. The van der Waals surface area contributed by atoms with Gasteiger partial charge in [-0.1, -0.05) is 60.7 Å². The average Bonchev–Trinajstić information content (AvgIpc) is 2.76. The zero-order valence-corrected chi connectivity index (χ0v) is 16.3. The van der Waals surface area contributed by atoms with Crippen molar-refractivity contribution in [1.29, 1.82) is 0 Å². The van der Waals surface area contributed by atoms with Gasteiger partial charge < -0.3 is 4.74 Å². The van der Waals surface area contributed by atoms with Gasteiger partial charge in [0.25, 0.3) is 0 Å². The largest absolute Gasteiger partial charge is 0.469 e. The second-order valence-electron chi connectivity index (χ2n) is 6.71. The molecule has 0 saturated carbocycles. The maximum atomic E-state index is 14.2. The van der Waals surface area contributed by atoms with Crippen LogP contribution in [0.15, 0.2) is 77.8 Å². The normalized spacial score (nSPS) is 11.6. The third-order valence-corrected chi connectivity index (χ3v) is 4.58. The van der Waals surface area contributed by atoms with Crippen molar-refractivity contribution in [3.63, 3.8) is 0 Å². The molecule has 0 N–H and O–H groups in total. The van der Waals surface area contributed by atoms with Gasteiger partial charge in [0.1, 0.15) is 5.82 Å². The molecule has 1 atom stereocenters. The summed E-state index contributed by atoms with van der Waals surface area (Å²) in [4.78, 5) is 16.7. The molecule has 0 spiro atoms. The van der Waals surface area contributed by atoms with Gasteiger partial charge in [0.15, 0.2) is 11.6 Å². The Kier molecular flexibility index (Phi) is 7.01. The average molecular weight is 411 g/mol. The fourth-order valence-corrected chi connectivity index (χ4v) is 3.10. The van der Waals surface area contributed by atoms with E-state index in [4.69, 9.17) is 9.73 Å². The van der Waals surface area contributed by atoms with Crippen molar-refractivity contribution in [1.82, 2.24) is 0 Å². The highest BCUT2D eigenvalue weighted by Gasteiger charge is 2.20. The van der Waals surface area contributed by atoms with Crippen molar-refractivity contribution in [3.8, 4) is 0 Å². The zero-order valence-electron chi connectivity index (χ0n) is 16.3. The molecule has 0 aliphatic heterocycles. The number of carbonyl (C=O) groups is 1. The lowest BCUT2D eigenvalue weighted by molar-refractivity contribution is -0.140. The molecule has 6 heteroatoms. The number of esters is 1. The number of carbonyl (C=O) groups excluding carboxylic acids is 1. The number of nitrogens with zero attached hydrogens (tertiary/aromatic N) is 1. The van der Waals surface area contributed by atoms with E-state index in [9.17, 15) is 18.0 Å². The van der Waals surface area contributed by atoms with E-state index in [1.807, 2.05) is 60.7 Å². The highest BCUT2D eigenvalue weighted by molar-refractivity contribution is 6.13. The molecule has 0 aromatic heterocycles. The molecule has 0 bridgehead atoms. The van der Waals surface area contributed by atoms with Crippen LogP contribution in [0, 0.1) is 17.5 Å². The molecule has 154 valence electrons. The highest BCUT2D eigenvalue weighted by Crippen LogP contribution is 2.20. The molecule has 0 heterocycles. The van der Waals surface area contributed by atoms with Gasteiger partial charge in [-0.2, -0.15) is 0 Å². The SMILES string of the molecule is COC(=O)CC(Cc1cc(F)c(F)cc1F)N=C(c1ccccc1)c1ccccc1. The summed E-state index contributed by atoms with van der Waals surface area (Å²) in [5.74, 6) is -3.84. The first-order valence-electron chi connectivity index (χ1n) is 9.36. The van der Waals surface area contributed by atoms with Crippen LogP contribution in [0.4, 0.5) is 13.2 Å². The molecule has 0 amide bonds. The third-order valence-electron chi connectivity index (χ3n) is 4.58. The Morgan fingerprint density at radius 3 is 1.93 bits per heavy atom. The van der Waals surface area contributed by atoms with E-state index in [1.54, 1.807) is 0 Å². The first kappa shape index (κ1) is 21.3. The quantitative estimate of drug-likeness (QED) is 0.308. The fourth-order valence-electron chi connectivity index (χ4n) is 3.10. The molecule has 0 saturated heterocycles. The first-order chi connectivity index (χ1) is 14.5. The van der Waals surface area contributed by atoms with Gasteiger partial charge in [-0.05, 0) is 18.1 Å².